The van der Waals surface area contributed by atoms with Crippen molar-refractivity contribution in [2.75, 3.05) is 6.54 Å². The molecule has 1 aromatic carbocycles. The van der Waals surface area contributed by atoms with Gasteiger partial charge in [-0.25, -0.2) is 4.79 Å². The van der Waals surface area contributed by atoms with Crippen molar-refractivity contribution in [1.29, 1.82) is 0 Å². The highest BCUT2D eigenvalue weighted by Crippen LogP contribution is 2.32. The van der Waals surface area contributed by atoms with Crippen LogP contribution in [-0.2, 0) is 10.3 Å². The van der Waals surface area contributed by atoms with E-state index in [9.17, 15) is 27.6 Å². The van der Waals surface area contributed by atoms with E-state index >= 15 is 0 Å². The molecule has 3 aromatic rings. The number of amides is 3. The van der Waals surface area contributed by atoms with Crippen LogP contribution >= 0.6 is 0 Å². The SMILES string of the molecule is Cc1cc(-n2c(C)cc(C(=O)CN3C(=O)NC(C)(c4ccc(OC(F)(F)F)cc4)C3=O)c2C)no1. The van der Waals surface area contributed by atoms with Gasteiger partial charge in [-0.2, -0.15) is 0 Å². The number of nitrogens with zero attached hydrogens (tertiary/aromatic N) is 3. The minimum absolute atomic E-state index is 0.236. The van der Waals surface area contributed by atoms with E-state index in [4.69, 9.17) is 4.52 Å². The third-order valence-electron chi connectivity index (χ3n) is 5.82. The first-order valence-electron chi connectivity index (χ1n) is 10.5. The number of nitrogens with one attached hydrogen (secondary N) is 1. The highest BCUT2D eigenvalue weighted by Gasteiger charge is 2.49. The lowest BCUT2D eigenvalue weighted by Gasteiger charge is -2.22. The summed E-state index contributed by atoms with van der Waals surface area (Å²) in [7, 11) is 0. The fraction of sp³-hybridized carbons (Fsp3) is 0.304. The highest BCUT2D eigenvalue weighted by molar-refractivity contribution is 6.11. The number of carbonyl (C=O) groups is 3. The third-order valence-corrected chi connectivity index (χ3v) is 5.82. The van der Waals surface area contributed by atoms with Gasteiger partial charge in [0.1, 0.15) is 17.0 Å². The maximum absolute atomic E-state index is 13.2. The molecule has 12 heteroatoms. The summed E-state index contributed by atoms with van der Waals surface area (Å²) in [5.41, 5.74) is 0.257. The summed E-state index contributed by atoms with van der Waals surface area (Å²) in [5, 5.41) is 6.49. The van der Waals surface area contributed by atoms with Crippen LogP contribution in [0.15, 0.2) is 40.9 Å². The van der Waals surface area contributed by atoms with Gasteiger partial charge >= 0.3 is 12.4 Å². The van der Waals surface area contributed by atoms with Crippen molar-refractivity contribution < 1.29 is 36.8 Å². The number of Topliss-reactive ketones (excluding diaryl/α,β-unsaturated/α-hetero) is 1. The van der Waals surface area contributed by atoms with Crippen LogP contribution in [0, 0.1) is 20.8 Å². The number of benzene rings is 1. The summed E-state index contributed by atoms with van der Waals surface area (Å²) < 4.78 is 47.9. The van der Waals surface area contributed by atoms with Crippen molar-refractivity contribution in [3.8, 4) is 11.6 Å². The summed E-state index contributed by atoms with van der Waals surface area (Å²) in [6, 6.07) is 7.14. The molecule has 0 saturated carbocycles. The largest absolute Gasteiger partial charge is 0.573 e. The molecule has 2 aromatic heterocycles. The molecule has 1 fully saturated rings. The predicted molar refractivity (Wildman–Crippen MR) is 115 cm³/mol. The van der Waals surface area contributed by atoms with E-state index in [0.717, 1.165) is 17.0 Å². The molecule has 1 aliphatic heterocycles. The van der Waals surface area contributed by atoms with Crippen molar-refractivity contribution in [2.24, 2.45) is 0 Å². The van der Waals surface area contributed by atoms with Gasteiger partial charge in [0.2, 0.25) is 0 Å². The monoisotopic (exact) mass is 490 g/mol. The number of hydrogen-bond donors (Lipinski definition) is 1. The average molecular weight is 490 g/mol. The van der Waals surface area contributed by atoms with Crippen molar-refractivity contribution in [3.05, 3.63) is 64.7 Å². The molecule has 1 saturated heterocycles. The Hall–Kier alpha value is -4.09. The average Bonchev–Trinajstić information content (AvgIpc) is 3.38. The first-order valence-corrected chi connectivity index (χ1v) is 10.5. The van der Waals surface area contributed by atoms with Crippen LogP contribution in [-0.4, -0.2) is 45.3 Å². The minimum atomic E-state index is -4.86. The van der Waals surface area contributed by atoms with E-state index in [1.54, 1.807) is 37.5 Å². The molecule has 0 bridgehead atoms. The Morgan fingerprint density at radius 3 is 2.37 bits per heavy atom. The van der Waals surface area contributed by atoms with Gasteiger partial charge < -0.3 is 14.6 Å². The van der Waals surface area contributed by atoms with Gasteiger partial charge in [-0.15, -0.1) is 13.2 Å². The van der Waals surface area contributed by atoms with Gasteiger partial charge in [-0.05, 0) is 51.5 Å². The lowest BCUT2D eigenvalue weighted by molar-refractivity contribution is -0.274. The van der Waals surface area contributed by atoms with E-state index in [1.807, 2.05) is 0 Å². The minimum Gasteiger partial charge on any atom is -0.406 e. The fourth-order valence-electron chi connectivity index (χ4n) is 4.11. The second kappa shape index (κ2) is 8.29. The summed E-state index contributed by atoms with van der Waals surface area (Å²) >= 11 is 0. The molecular weight excluding hydrogens is 469 g/mol. The number of alkyl halides is 3. The van der Waals surface area contributed by atoms with Gasteiger partial charge in [0.25, 0.3) is 5.91 Å². The molecular formula is C23H21F3N4O5. The number of halogens is 3. The number of ketones is 1. The zero-order valence-electron chi connectivity index (χ0n) is 19.2. The van der Waals surface area contributed by atoms with Gasteiger partial charge in [0, 0.05) is 23.0 Å². The molecule has 1 N–H and O–H groups in total. The number of ether oxygens (including phenoxy) is 1. The topological polar surface area (TPSA) is 107 Å². The van der Waals surface area contributed by atoms with Crippen molar-refractivity contribution in [3.63, 3.8) is 0 Å². The molecule has 4 rings (SSSR count). The number of aromatic nitrogens is 2. The first-order chi connectivity index (χ1) is 16.3. The van der Waals surface area contributed by atoms with Gasteiger partial charge in [0.05, 0.1) is 6.54 Å². The van der Waals surface area contributed by atoms with E-state index < -0.39 is 41.9 Å². The standard InChI is InChI=1S/C23H21F3N4O5/c1-12-9-17(14(3)30(12)19-10-13(2)35-28-19)18(31)11-29-20(32)22(4,27-21(29)33)15-5-7-16(8-6-15)34-23(24,25)26/h5-10H,11H2,1-4H3,(H,27,33). The Bertz CT molecular complexity index is 1330. The number of aryl methyl sites for hydroxylation is 2. The molecule has 0 aliphatic carbocycles. The highest BCUT2D eigenvalue weighted by atomic mass is 19.4. The molecule has 1 atom stereocenters. The van der Waals surface area contributed by atoms with E-state index in [-0.39, 0.29) is 5.56 Å². The smallest absolute Gasteiger partial charge is 0.406 e. The molecule has 1 aliphatic rings. The van der Waals surface area contributed by atoms with Crippen LogP contribution in [0.2, 0.25) is 0 Å². The Morgan fingerprint density at radius 2 is 1.80 bits per heavy atom. The van der Waals surface area contributed by atoms with E-state index in [1.165, 1.54) is 19.1 Å². The number of hydrogen-bond acceptors (Lipinski definition) is 6. The lowest BCUT2D eigenvalue weighted by atomic mass is 9.92. The van der Waals surface area contributed by atoms with Gasteiger partial charge in [-0.3, -0.25) is 19.1 Å². The van der Waals surface area contributed by atoms with Crippen molar-refractivity contribution in [1.82, 2.24) is 19.9 Å². The number of imide groups is 1. The Kier molecular flexibility index (Phi) is 5.70. The summed E-state index contributed by atoms with van der Waals surface area (Å²) in [4.78, 5) is 39.6. The molecule has 0 radical (unpaired) electrons. The first kappa shape index (κ1) is 24.0. The number of carbonyl (C=O) groups excluding carboxylic acids is 3. The molecule has 9 nitrogen and oxygen atoms in total. The fourth-order valence-corrected chi connectivity index (χ4v) is 4.11. The van der Waals surface area contributed by atoms with Gasteiger partial charge in [-0.1, -0.05) is 17.3 Å². The molecule has 184 valence electrons. The lowest BCUT2D eigenvalue weighted by Crippen LogP contribution is -2.41. The van der Waals surface area contributed by atoms with Crippen LogP contribution < -0.4 is 10.1 Å². The zero-order valence-corrected chi connectivity index (χ0v) is 19.2. The number of urea groups is 1. The van der Waals surface area contributed by atoms with Crippen molar-refractivity contribution in [2.45, 2.75) is 39.6 Å². The normalized spacial score (nSPS) is 18.2. The predicted octanol–water partition coefficient (Wildman–Crippen LogP) is 3.94. The van der Waals surface area contributed by atoms with Crippen LogP contribution in [0.1, 0.15) is 40.0 Å². The maximum atomic E-state index is 13.2. The van der Waals surface area contributed by atoms with Crippen LogP contribution in [0.25, 0.3) is 5.82 Å². The molecule has 1 unspecified atom stereocenters. The Morgan fingerprint density at radius 1 is 1.14 bits per heavy atom. The second-order valence-electron chi connectivity index (χ2n) is 8.36. The molecule has 35 heavy (non-hydrogen) atoms. The maximum Gasteiger partial charge on any atom is 0.573 e. The Balaban J connectivity index is 1.55. The second-order valence-corrected chi connectivity index (χ2v) is 8.36. The number of rotatable bonds is 6. The quantitative estimate of drug-likeness (QED) is 0.415. The Labute approximate surface area is 197 Å². The summed E-state index contributed by atoms with van der Waals surface area (Å²) in [6.07, 6.45) is -4.86. The summed E-state index contributed by atoms with van der Waals surface area (Å²) in [6.45, 7) is 6.13. The molecule has 3 heterocycles. The third kappa shape index (κ3) is 4.38. The van der Waals surface area contributed by atoms with Crippen LogP contribution in [0.4, 0.5) is 18.0 Å². The molecule has 3 amide bonds. The van der Waals surface area contributed by atoms with Gasteiger partial charge in [0.15, 0.2) is 11.6 Å². The molecule has 0 spiro atoms. The summed E-state index contributed by atoms with van der Waals surface area (Å²) in [5.74, 6) is -0.548. The van der Waals surface area contributed by atoms with Crippen molar-refractivity contribution >= 4 is 17.7 Å². The zero-order chi connectivity index (χ0) is 25.7. The van der Waals surface area contributed by atoms with Crippen LogP contribution in [0.5, 0.6) is 5.75 Å². The van der Waals surface area contributed by atoms with E-state index in [0.29, 0.717) is 28.5 Å². The van der Waals surface area contributed by atoms with E-state index in [2.05, 4.69) is 15.2 Å². The van der Waals surface area contributed by atoms with Crippen LogP contribution in [0.3, 0.4) is 0 Å².